The molecule has 2 rings (SSSR count). The zero-order chi connectivity index (χ0) is 17.3. The van der Waals surface area contributed by atoms with Gasteiger partial charge in [0.05, 0.1) is 18.8 Å². The molecule has 0 bridgehead atoms. The maximum atomic E-state index is 12.2. The highest BCUT2D eigenvalue weighted by Gasteiger charge is 2.38. The molecule has 1 heterocycles. The van der Waals surface area contributed by atoms with Crippen LogP contribution in [0, 0.1) is 13.8 Å². The van der Waals surface area contributed by atoms with E-state index in [1.54, 1.807) is 4.90 Å². The van der Waals surface area contributed by atoms with Crippen LogP contribution in [-0.4, -0.2) is 35.3 Å². The van der Waals surface area contributed by atoms with Crippen molar-refractivity contribution < 1.29 is 14.3 Å². The Labute approximate surface area is 139 Å². The Hall–Kier alpha value is -1.55. The van der Waals surface area contributed by atoms with Crippen LogP contribution in [-0.2, 0) is 16.1 Å². The summed E-state index contributed by atoms with van der Waals surface area (Å²) in [5.74, 6) is 0. The molecule has 0 spiro atoms. The zero-order valence-corrected chi connectivity index (χ0v) is 15.2. The molecule has 1 fully saturated rings. The normalized spacial score (nSPS) is 21.6. The third-order valence-corrected chi connectivity index (χ3v) is 4.25. The van der Waals surface area contributed by atoms with Gasteiger partial charge in [0.25, 0.3) is 0 Å². The van der Waals surface area contributed by atoms with Gasteiger partial charge >= 0.3 is 6.09 Å². The lowest BCUT2D eigenvalue weighted by molar-refractivity contribution is -0.0374. The largest absolute Gasteiger partial charge is 0.444 e. The van der Waals surface area contributed by atoms with Gasteiger partial charge in [0, 0.05) is 6.54 Å². The van der Waals surface area contributed by atoms with E-state index in [0.717, 1.165) is 6.42 Å². The minimum Gasteiger partial charge on any atom is -0.444 e. The van der Waals surface area contributed by atoms with Crippen LogP contribution in [0.25, 0.3) is 0 Å². The number of hydrogen-bond acceptors (Lipinski definition) is 3. The fraction of sp³-hybridized carbons (Fsp3) is 0.632. The van der Waals surface area contributed by atoms with Crippen molar-refractivity contribution in [1.29, 1.82) is 0 Å². The minimum absolute atomic E-state index is 0.254. The van der Waals surface area contributed by atoms with Crippen LogP contribution >= 0.6 is 0 Å². The molecule has 0 saturated carbocycles. The molecule has 0 N–H and O–H groups in total. The number of aryl methyl sites for hydroxylation is 2. The van der Waals surface area contributed by atoms with E-state index in [9.17, 15) is 4.79 Å². The first-order valence-corrected chi connectivity index (χ1v) is 8.26. The van der Waals surface area contributed by atoms with E-state index in [0.29, 0.717) is 19.7 Å². The van der Waals surface area contributed by atoms with Gasteiger partial charge in [-0.05, 0) is 64.7 Å². The fourth-order valence-electron chi connectivity index (χ4n) is 2.68. The van der Waals surface area contributed by atoms with Gasteiger partial charge in [-0.2, -0.15) is 0 Å². The van der Waals surface area contributed by atoms with Crippen LogP contribution < -0.4 is 0 Å². The lowest BCUT2D eigenvalue weighted by Gasteiger charge is -2.27. The third-order valence-electron chi connectivity index (χ3n) is 4.25. The van der Waals surface area contributed by atoms with Gasteiger partial charge in [-0.25, -0.2) is 4.79 Å². The highest BCUT2D eigenvalue weighted by atomic mass is 16.6. The van der Waals surface area contributed by atoms with Gasteiger partial charge in [0.1, 0.15) is 5.60 Å². The first-order valence-electron chi connectivity index (χ1n) is 8.26. The topological polar surface area (TPSA) is 38.8 Å². The van der Waals surface area contributed by atoms with E-state index >= 15 is 0 Å². The highest BCUT2D eigenvalue weighted by Crippen LogP contribution is 2.27. The number of benzene rings is 1. The molecule has 4 heteroatoms. The average molecular weight is 319 g/mol. The van der Waals surface area contributed by atoms with E-state index in [1.165, 1.54) is 16.7 Å². The van der Waals surface area contributed by atoms with E-state index in [-0.39, 0.29) is 11.7 Å². The molecule has 1 saturated heterocycles. The monoisotopic (exact) mass is 319 g/mol. The molecule has 1 aliphatic heterocycles. The first kappa shape index (κ1) is 17.8. The molecule has 1 unspecified atom stereocenters. The van der Waals surface area contributed by atoms with Crippen molar-refractivity contribution in [3.05, 3.63) is 34.9 Å². The van der Waals surface area contributed by atoms with Gasteiger partial charge in [0.15, 0.2) is 0 Å². The van der Waals surface area contributed by atoms with Gasteiger partial charge in [-0.15, -0.1) is 0 Å². The van der Waals surface area contributed by atoms with Crippen LogP contribution in [0.1, 0.15) is 50.8 Å². The summed E-state index contributed by atoms with van der Waals surface area (Å²) in [4.78, 5) is 13.9. The van der Waals surface area contributed by atoms with Crippen molar-refractivity contribution in [2.24, 2.45) is 0 Å². The number of hydrogen-bond donors (Lipinski definition) is 0. The second-order valence-corrected chi connectivity index (χ2v) is 7.81. The minimum atomic E-state index is -0.462. The van der Waals surface area contributed by atoms with Crippen molar-refractivity contribution >= 4 is 6.09 Å². The van der Waals surface area contributed by atoms with Gasteiger partial charge in [0.2, 0.25) is 0 Å². The van der Waals surface area contributed by atoms with Gasteiger partial charge < -0.3 is 14.4 Å². The Morgan fingerprint density at radius 3 is 2.57 bits per heavy atom. The van der Waals surface area contributed by atoms with Crippen molar-refractivity contribution in [2.75, 3.05) is 13.1 Å². The summed E-state index contributed by atoms with van der Waals surface area (Å²) in [5, 5.41) is 0. The molecule has 0 aromatic heterocycles. The number of carbonyl (C=O) groups is 1. The predicted molar refractivity (Wildman–Crippen MR) is 91.5 cm³/mol. The molecule has 1 aliphatic rings. The number of carbonyl (C=O) groups excluding carboxylic acids is 1. The Kier molecular flexibility index (Phi) is 5.04. The lowest BCUT2D eigenvalue weighted by atomic mass is 10.1. The summed E-state index contributed by atoms with van der Waals surface area (Å²) < 4.78 is 11.6. The Bertz CT molecular complexity index is 576. The maximum absolute atomic E-state index is 12.2. The molecule has 23 heavy (non-hydrogen) atoms. The van der Waals surface area contributed by atoms with Crippen molar-refractivity contribution in [2.45, 2.75) is 65.8 Å². The quantitative estimate of drug-likeness (QED) is 0.837. The van der Waals surface area contributed by atoms with Gasteiger partial charge in [-0.3, -0.25) is 0 Å². The van der Waals surface area contributed by atoms with E-state index < -0.39 is 5.60 Å². The standard InChI is InChI=1S/C19H29NO3/c1-14-7-8-16(11-15(14)2)12-22-19(6)9-10-20(13-19)17(21)23-18(3,4)5/h7-8,11H,9-10,12-13H2,1-6H3. The molecule has 1 amide bonds. The SMILES string of the molecule is Cc1ccc(COC2(C)CCN(C(=O)OC(C)(C)C)C2)cc1C. The lowest BCUT2D eigenvalue weighted by Crippen LogP contribution is -2.39. The Balaban J connectivity index is 1.91. The van der Waals surface area contributed by atoms with Crippen LogP contribution in [0.15, 0.2) is 18.2 Å². The smallest absolute Gasteiger partial charge is 0.410 e. The molecular formula is C19H29NO3. The van der Waals surface area contributed by atoms with Gasteiger partial charge in [-0.1, -0.05) is 18.2 Å². The van der Waals surface area contributed by atoms with Crippen molar-refractivity contribution in [3.63, 3.8) is 0 Å². The summed E-state index contributed by atoms with van der Waals surface area (Å²) in [7, 11) is 0. The summed E-state index contributed by atoms with van der Waals surface area (Å²) >= 11 is 0. The number of rotatable bonds is 3. The van der Waals surface area contributed by atoms with E-state index in [2.05, 4.69) is 39.0 Å². The van der Waals surface area contributed by atoms with Crippen LogP contribution in [0.5, 0.6) is 0 Å². The van der Waals surface area contributed by atoms with Crippen LogP contribution in [0.2, 0.25) is 0 Å². The van der Waals surface area contributed by atoms with E-state index in [1.807, 2.05) is 20.8 Å². The number of likely N-dealkylation sites (tertiary alicyclic amines) is 1. The number of nitrogens with zero attached hydrogens (tertiary/aromatic N) is 1. The predicted octanol–water partition coefficient (Wildman–Crippen LogP) is 4.22. The second-order valence-electron chi connectivity index (χ2n) is 7.81. The Morgan fingerprint density at radius 1 is 1.26 bits per heavy atom. The summed E-state index contributed by atoms with van der Waals surface area (Å²) in [5.41, 5.74) is 2.96. The van der Waals surface area contributed by atoms with Crippen molar-refractivity contribution in [1.82, 2.24) is 4.90 Å². The number of ether oxygens (including phenoxy) is 2. The fourth-order valence-corrected chi connectivity index (χ4v) is 2.68. The molecule has 4 nitrogen and oxygen atoms in total. The van der Waals surface area contributed by atoms with Crippen LogP contribution in [0.3, 0.4) is 0 Å². The zero-order valence-electron chi connectivity index (χ0n) is 15.2. The molecule has 128 valence electrons. The maximum Gasteiger partial charge on any atom is 0.410 e. The third kappa shape index (κ3) is 4.96. The van der Waals surface area contributed by atoms with Crippen molar-refractivity contribution in [3.8, 4) is 0 Å². The molecule has 1 aromatic rings. The Morgan fingerprint density at radius 2 is 1.96 bits per heavy atom. The molecular weight excluding hydrogens is 290 g/mol. The first-order chi connectivity index (χ1) is 10.6. The molecule has 1 aromatic carbocycles. The average Bonchev–Trinajstić information content (AvgIpc) is 2.82. The number of amides is 1. The summed E-state index contributed by atoms with van der Waals surface area (Å²) in [6.45, 7) is 13.8. The second kappa shape index (κ2) is 6.52. The summed E-state index contributed by atoms with van der Waals surface area (Å²) in [6, 6.07) is 6.39. The highest BCUT2D eigenvalue weighted by molar-refractivity contribution is 5.68. The summed E-state index contributed by atoms with van der Waals surface area (Å²) in [6.07, 6.45) is 0.577. The molecule has 0 radical (unpaired) electrons. The van der Waals surface area contributed by atoms with Crippen LogP contribution in [0.4, 0.5) is 4.79 Å². The molecule has 1 atom stereocenters. The van der Waals surface area contributed by atoms with E-state index in [4.69, 9.17) is 9.47 Å². The molecule has 0 aliphatic carbocycles.